The molecule has 3 aromatic carbocycles. The first-order chi connectivity index (χ1) is 11.9. The summed E-state index contributed by atoms with van der Waals surface area (Å²) in [6.45, 7) is 6.29. The van der Waals surface area contributed by atoms with E-state index in [1.54, 1.807) is 24.3 Å². The zero-order chi connectivity index (χ0) is 18.0. The number of hydrogen-bond donors (Lipinski definition) is 1. The summed E-state index contributed by atoms with van der Waals surface area (Å²) in [6, 6.07) is 16.3. The van der Waals surface area contributed by atoms with Crippen LogP contribution < -0.4 is 9.46 Å². The number of rotatable bonds is 5. The van der Waals surface area contributed by atoms with Crippen molar-refractivity contribution in [2.45, 2.75) is 25.7 Å². The Morgan fingerprint density at radius 1 is 0.920 bits per heavy atom. The molecule has 0 radical (unpaired) electrons. The predicted molar refractivity (Wildman–Crippen MR) is 102 cm³/mol. The maximum Gasteiger partial charge on any atom is 0.262 e. The minimum absolute atomic E-state index is 0.243. The molecule has 0 bridgehead atoms. The Morgan fingerprint density at radius 2 is 1.64 bits per heavy atom. The lowest BCUT2D eigenvalue weighted by Crippen LogP contribution is -2.14. The molecule has 0 unspecified atom stereocenters. The molecule has 0 aliphatic rings. The van der Waals surface area contributed by atoms with Gasteiger partial charge in [0.2, 0.25) is 0 Å². The molecule has 0 aliphatic heterocycles. The maximum absolute atomic E-state index is 13.0. The van der Waals surface area contributed by atoms with Gasteiger partial charge in [0.1, 0.15) is 5.75 Å². The van der Waals surface area contributed by atoms with E-state index >= 15 is 0 Å². The van der Waals surface area contributed by atoms with Crippen LogP contribution >= 0.6 is 0 Å². The van der Waals surface area contributed by atoms with Gasteiger partial charge in [-0.15, -0.1) is 0 Å². The molecule has 0 spiro atoms. The number of nitrogens with one attached hydrogen (secondary N) is 1. The molecule has 0 saturated heterocycles. The van der Waals surface area contributed by atoms with Gasteiger partial charge in [-0.25, -0.2) is 8.42 Å². The molecule has 3 rings (SSSR count). The molecular weight excluding hydrogens is 334 g/mol. The van der Waals surface area contributed by atoms with Crippen LogP contribution in [0.2, 0.25) is 0 Å². The summed E-state index contributed by atoms with van der Waals surface area (Å²) in [5, 5.41) is 1.43. The van der Waals surface area contributed by atoms with E-state index in [4.69, 9.17) is 4.74 Å². The van der Waals surface area contributed by atoms with Gasteiger partial charge in [0.05, 0.1) is 17.2 Å². The van der Waals surface area contributed by atoms with E-state index in [9.17, 15) is 8.42 Å². The predicted octanol–water partition coefficient (Wildman–Crippen LogP) is 4.66. The minimum Gasteiger partial charge on any atom is -0.493 e. The molecule has 25 heavy (non-hydrogen) atoms. The molecule has 3 aromatic rings. The lowest BCUT2D eigenvalue weighted by atomic mass is 10.1. The summed E-state index contributed by atoms with van der Waals surface area (Å²) in [7, 11) is -3.72. The van der Waals surface area contributed by atoms with Gasteiger partial charge >= 0.3 is 0 Å². The molecule has 0 amide bonds. The van der Waals surface area contributed by atoms with Gasteiger partial charge in [-0.05, 0) is 50.1 Å². The molecule has 0 atom stereocenters. The fraction of sp³-hybridized carbons (Fsp3) is 0.200. The molecule has 4 nitrogen and oxygen atoms in total. The summed E-state index contributed by atoms with van der Waals surface area (Å²) in [6.07, 6.45) is 0. The van der Waals surface area contributed by atoms with Crippen molar-refractivity contribution in [3.05, 3.63) is 65.7 Å². The third kappa shape index (κ3) is 3.33. The summed E-state index contributed by atoms with van der Waals surface area (Å²) in [5.41, 5.74) is 2.55. The van der Waals surface area contributed by atoms with Gasteiger partial charge in [0.25, 0.3) is 10.0 Å². The monoisotopic (exact) mass is 355 g/mol. The van der Waals surface area contributed by atoms with Gasteiger partial charge < -0.3 is 4.74 Å². The van der Waals surface area contributed by atoms with Gasteiger partial charge in [0.15, 0.2) is 0 Å². The Labute approximate surface area is 148 Å². The second kappa shape index (κ2) is 6.76. The Bertz CT molecular complexity index is 1030. The molecule has 130 valence electrons. The zero-order valence-electron chi connectivity index (χ0n) is 14.5. The molecule has 0 fully saturated rings. The summed E-state index contributed by atoms with van der Waals surface area (Å²) < 4.78 is 34.3. The lowest BCUT2D eigenvalue weighted by molar-refractivity contribution is 0.344. The molecule has 1 N–H and O–H groups in total. The summed E-state index contributed by atoms with van der Waals surface area (Å²) >= 11 is 0. The topological polar surface area (TPSA) is 55.4 Å². The van der Waals surface area contributed by atoms with E-state index in [0.717, 1.165) is 16.5 Å². The van der Waals surface area contributed by atoms with Crippen LogP contribution in [-0.4, -0.2) is 15.0 Å². The zero-order valence-corrected chi connectivity index (χ0v) is 15.4. The average molecular weight is 355 g/mol. The highest BCUT2D eigenvalue weighted by Gasteiger charge is 2.20. The van der Waals surface area contributed by atoms with Crippen LogP contribution in [0.5, 0.6) is 5.75 Å². The molecule has 5 heteroatoms. The quantitative estimate of drug-likeness (QED) is 0.724. The van der Waals surface area contributed by atoms with E-state index in [1.165, 1.54) is 0 Å². The highest BCUT2D eigenvalue weighted by Crippen LogP contribution is 2.32. The van der Waals surface area contributed by atoms with E-state index < -0.39 is 10.0 Å². The summed E-state index contributed by atoms with van der Waals surface area (Å²) in [5.74, 6) is 0.684. The van der Waals surface area contributed by atoms with Crippen LogP contribution in [0.3, 0.4) is 0 Å². The van der Waals surface area contributed by atoms with Crippen LogP contribution in [0.4, 0.5) is 5.69 Å². The van der Waals surface area contributed by atoms with Crippen molar-refractivity contribution >= 4 is 26.5 Å². The molecule has 0 heterocycles. The Morgan fingerprint density at radius 3 is 2.36 bits per heavy atom. The van der Waals surface area contributed by atoms with Crippen LogP contribution in [0, 0.1) is 13.8 Å². The van der Waals surface area contributed by atoms with Crippen LogP contribution in [-0.2, 0) is 10.0 Å². The Kier molecular flexibility index (Phi) is 4.68. The highest BCUT2D eigenvalue weighted by atomic mass is 32.2. The second-order valence-corrected chi connectivity index (χ2v) is 7.54. The Balaban J connectivity index is 2.12. The van der Waals surface area contributed by atoms with E-state index in [2.05, 4.69) is 4.72 Å². The molecule has 0 saturated carbocycles. The van der Waals surface area contributed by atoms with E-state index in [-0.39, 0.29) is 4.90 Å². The lowest BCUT2D eigenvalue weighted by Gasteiger charge is -2.15. The number of sulfonamides is 1. The van der Waals surface area contributed by atoms with Gasteiger partial charge in [-0.3, -0.25) is 4.72 Å². The smallest absolute Gasteiger partial charge is 0.262 e. The molecule has 0 aliphatic carbocycles. The van der Waals surface area contributed by atoms with Crippen molar-refractivity contribution < 1.29 is 13.2 Å². The van der Waals surface area contributed by atoms with Crippen LogP contribution in [0.25, 0.3) is 10.8 Å². The normalized spacial score (nSPS) is 11.5. The first-order valence-electron chi connectivity index (χ1n) is 8.17. The van der Waals surface area contributed by atoms with Crippen molar-refractivity contribution in [2.24, 2.45) is 0 Å². The first-order valence-corrected chi connectivity index (χ1v) is 9.66. The third-order valence-corrected chi connectivity index (χ3v) is 5.71. The number of aryl methyl sites for hydroxylation is 1. The number of hydrogen-bond acceptors (Lipinski definition) is 3. The first kappa shape index (κ1) is 17.3. The largest absolute Gasteiger partial charge is 0.493 e. The van der Waals surface area contributed by atoms with Crippen molar-refractivity contribution in [3.63, 3.8) is 0 Å². The average Bonchev–Trinajstić information content (AvgIpc) is 2.59. The van der Waals surface area contributed by atoms with Crippen molar-refractivity contribution in [2.75, 3.05) is 11.3 Å². The SMILES string of the molecule is CCOc1ccc(S(=O)(=O)Nc2cccc(C)c2C)c2ccccc12. The minimum atomic E-state index is -3.72. The number of anilines is 1. The van der Waals surface area contributed by atoms with Gasteiger partial charge in [-0.2, -0.15) is 0 Å². The second-order valence-electron chi connectivity index (χ2n) is 5.89. The molecular formula is C20H21NO3S. The van der Waals surface area contributed by atoms with Crippen molar-refractivity contribution in [1.82, 2.24) is 0 Å². The third-order valence-electron chi connectivity index (χ3n) is 4.28. The number of benzene rings is 3. The van der Waals surface area contributed by atoms with E-state index in [0.29, 0.717) is 23.4 Å². The fourth-order valence-corrected chi connectivity index (χ4v) is 4.16. The highest BCUT2D eigenvalue weighted by molar-refractivity contribution is 7.93. The van der Waals surface area contributed by atoms with Crippen LogP contribution in [0.15, 0.2) is 59.5 Å². The maximum atomic E-state index is 13.0. The van der Waals surface area contributed by atoms with Crippen molar-refractivity contribution in [3.8, 4) is 5.75 Å². The standard InChI is InChI=1S/C20H21NO3S/c1-4-24-19-12-13-20(17-10-6-5-9-16(17)19)25(22,23)21-18-11-7-8-14(2)15(18)3/h5-13,21H,4H2,1-3H3. The number of fused-ring (bicyclic) bond motifs is 1. The van der Waals surface area contributed by atoms with Gasteiger partial charge in [0, 0.05) is 10.8 Å². The molecule has 0 aromatic heterocycles. The van der Waals surface area contributed by atoms with E-state index in [1.807, 2.05) is 51.1 Å². The Hall–Kier alpha value is -2.53. The number of ether oxygens (including phenoxy) is 1. The van der Waals surface area contributed by atoms with Crippen LogP contribution in [0.1, 0.15) is 18.1 Å². The fourth-order valence-electron chi connectivity index (χ4n) is 2.82. The van der Waals surface area contributed by atoms with Crippen molar-refractivity contribution in [1.29, 1.82) is 0 Å². The van der Waals surface area contributed by atoms with Gasteiger partial charge in [-0.1, -0.05) is 36.4 Å². The summed E-state index contributed by atoms with van der Waals surface area (Å²) in [4.78, 5) is 0.243.